The van der Waals surface area contributed by atoms with Crippen LogP contribution in [-0.4, -0.2) is 32.7 Å². The molecular formula is C28H41O6PS. The summed E-state index contributed by atoms with van der Waals surface area (Å²) < 4.78 is 56.8. The first kappa shape index (κ1) is 29.1. The summed E-state index contributed by atoms with van der Waals surface area (Å²) in [6, 6.07) is 16.9. The highest BCUT2D eigenvalue weighted by atomic mass is 32.2. The second-order valence-electron chi connectivity index (χ2n) is 9.32. The SMILES string of the molecule is CCOP(=O)(OCC)C(CCCc1ccc(-c2ccc(CC)cc2)cc1)S(=O)(=O)OC1CCCCC1. The smallest absolute Gasteiger partial charge is 0.308 e. The average Bonchev–Trinajstić information content (AvgIpc) is 2.87. The lowest BCUT2D eigenvalue weighted by atomic mass is 9.98. The third-order valence-corrected chi connectivity index (χ3v) is 11.9. The van der Waals surface area contributed by atoms with Crippen LogP contribution in [0.25, 0.3) is 11.1 Å². The van der Waals surface area contributed by atoms with Crippen LogP contribution in [0.15, 0.2) is 48.5 Å². The minimum Gasteiger partial charge on any atom is -0.308 e. The number of benzene rings is 2. The van der Waals surface area contributed by atoms with Crippen molar-refractivity contribution in [2.45, 2.75) is 89.7 Å². The number of aryl methyl sites for hydroxylation is 2. The average molecular weight is 537 g/mol. The first-order valence-corrected chi connectivity index (χ1v) is 16.4. The lowest BCUT2D eigenvalue weighted by Crippen LogP contribution is -2.31. The summed E-state index contributed by atoms with van der Waals surface area (Å²) in [5.41, 5.74) is 4.71. The van der Waals surface area contributed by atoms with Gasteiger partial charge in [0.1, 0.15) is 0 Å². The fraction of sp³-hybridized carbons (Fsp3) is 0.571. The van der Waals surface area contributed by atoms with Gasteiger partial charge in [0.25, 0.3) is 10.1 Å². The van der Waals surface area contributed by atoms with Crippen molar-refractivity contribution in [1.29, 1.82) is 0 Å². The van der Waals surface area contributed by atoms with Gasteiger partial charge in [-0.15, -0.1) is 0 Å². The molecule has 0 radical (unpaired) electrons. The Morgan fingerprint density at radius 2 is 1.36 bits per heavy atom. The van der Waals surface area contributed by atoms with Crippen LogP contribution in [0, 0.1) is 0 Å². The fourth-order valence-corrected chi connectivity index (χ4v) is 9.28. The summed E-state index contributed by atoms with van der Waals surface area (Å²) >= 11 is 0. The molecule has 1 saturated carbocycles. The van der Waals surface area contributed by atoms with Gasteiger partial charge in [-0.1, -0.05) is 74.7 Å². The Bertz CT molecular complexity index is 1070. The summed E-state index contributed by atoms with van der Waals surface area (Å²) in [6.07, 6.45) is 6.35. The van der Waals surface area contributed by atoms with Crippen molar-refractivity contribution in [3.63, 3.8) is 0 Å². The molecule has 0 N–H and O–H groups in total. The molecule has 2 aromatic rings. The maximum absolute atomic E-state index is 13.6. The summed E-state index contributed by atoms with van der Waals surface area (Å²) in [4.78, 5) is -1.33. The Labute approximate surface area is 217 Å². The second kappa shape index (κ2) is 13.9. The van der Waals surface area contributed by atoms with E-state index in [2.05, 4.69) is 55.5 Å². The van der Waals surface area contributed by atoms with Crippen LogP contribution in [-0.2, 0) is 40.8 Å². The van der Waals surface area contributed by atoms with Crippen LogP contribution in [0.3, 0.4) is 0 Å². The van der Waals surface area contributed by atoms with Crippen LogP contribution in [0.1, 0.15) is 76.8 Å². The van der Waals surface area contributed by atoms with Gasteiger partial charge in [-0.3, -0.25) is 8.75 Å². The van der Waals surface area contributed by atoms with Gasteiger partial charge in [0.05, 0.1) is 19.3 Å². The lowest BCUT2D eigenvalue weighted by molar-refractivity contribution is 0.158. The zero-order valence-electron chi connectivity index (χ0n) is 21.9. The summed E-state index contributed by atoms with van der Waals surface area (Å²) in [7, 11) is -8.05. The van der Waals surface area contributed by atoms with Gasteiger partial charge >= 0.3 is 7.60 Å². The molecule has 2 aromatic carbocycles. The van der Waals surface area contributed by atoms with Gasteiger partial charge < -0.3 is 9.05 Å². The van der Waals surface area contributed by atoms with Crippen LogP contribution in [0.4, 0.5) is 0 Å². The molecule has 1 atom stereocenters. The molecule has 1 aliphatic carbocycles. The van der Waals surface area contributed by atoms with E-state index in [4.69, 9.17) is 13.2 Å². The van der Waals surface area contributed by atoms with E-state index >= 15 is 0 Å². The Kier molecular flexibility index (Phi) is 11.2. The van der Waals surface area contributed by atoms with Gasteiger partial charge in [0, 0.05) is 0 Å². The summed E-state index contributed by atoms with van der Waals surface area (Å²) in [5.74, 6) is 0. The molecule has 0 bridgehead atoms. The van der Waals surface area contributed by atoms with Gasteiger partial charge in [-0.25, -0.2) is 0 Å². The van der Waals surface area contributed by atoms with E-state index in [0.29, 0.717) is 25.7 Å². The monoisotopic (exact) mass is 536 g/mol. The van der Waals surface area contributed by atoms with Crippen LogP contribution >= 0.6 is 7.60 Å². The number of hydrogen-bond acceptors (Lipinski definition) is 6. The largest absolute Gasteiger partial charge is 0.351 e. The minimum absolute atomic E-state index is 0.105. The quantitative estimate of drug-likeness (QED) is 0.184. The first-order chi connectivity index (χ1) is 17.3. The van der Waals surface area contributed by atoms with Crippen LogP contribution in [0.5, 0.6) is 0 Å². The third kappa shape index (κ3) is 8.00. The highest BCUT2D eigenvalue weighted by molar-refractivity contribution is 7.94. The first-order valence-electron chi connectivity index (χ1n) is 13.3. The van der Waals surface area contributed by atoms with E-state index in [1.807, 2.05) is 0 Å². The van der Waals surface area contributed by atoms with E-state index in [1.54, 1.807) is 13.8 Å². The van der Waals surface area contributed by atoms with Gasteiger partial charge in [-0.05, 0) is 74.6 Å². The van der Waals surface area contributed by atoms with E-state index in [1.165, 1.54) is 11.1 Å². The maximum atomic E-state index is 13.6. The minimum atomic E-state index is -4.14. The van der Waals surface area contributed by atoms with Crippen LogP contribution < -0.4 is 0 Å². The number of hydrogen-bond donors (Lipinski definition) is 0. The zero-order chi connectivity index (χ0) is 26.0. The highest BCUT2D eigenvalue weighted by Gasteiger charge is 2.46. The Morgan fingerprint density at radius 1 is 0.833 bits per heavy atom. The van der Waals surface area contributed by atoms with Crippen molar-refractivity contribution in [2.24, 2.45) is 0 Å². The van der Waals surface area contributed by atoms with Crippen LogP contribution in [0.2, 0.25) is 0 Å². The predicted octanol–water partition coefficient (Wildman–Crippen LogP) is 7.51. The van der Waals surface area contributed by atoms with E-state index < -0.39 is 22.7 Å². The van der Waals surface area contributed by atoms with Crippen molar-refractivity contribution >= 4 is 17.7 Å². The molecule has 0 saturated heterocycles. The predicted molar refractivity (Wildman–Crippen MR) is 146 cm³/mol. The molecule has 36 heavy (non-hydrogen) atoms. The van der Waals surface area contributed by atoms with Crippen molar-refractivity contribution in [3.8, 4) is 11.1 Å². The highest BCUT2D eigenvalue weighted by Crippen LogP contribution is 2.57. The summed E-state index contributed by atoms with van der Waals surface area (Å²) in [5, 5.41) is 0. The maximum Gasteiger partial charge on any atom is 0.351 e. The van der Waals surface area contributed by atoms with Crippen molar-refractivity contribution in [1.82, 2.24) is 0 Å². The molecule has 0 amide bonds. The third-order valence-electron chi connectivity index (χ3n) is 6.69. The Balaban J connectivity index is 1.70. The fourth-order valence-electron chi connectivity index (χ4n) is 4.72. The standard InChI is InChI=1S/C28H41O6PS/c1-4-23-15-19-25(20-16-23)26-21-17-24(18-22-26)11-10-14-28(35(29,32-5-2)33-6-3)36(30,31)34-27-12-8-7-9-13-27/h15-22,27-28H,4-14H2,1-3H3. The van der Waals surface area contributed by atoms with E-state index in [-0.39, 0.29) is 25.7 Å². The summed E-state index contributed by atoms with van der Waals surface area (Å²) in [6.45, 7) is 5.73. The second-order valence-corrected chi connectivity index (χ2v) is 13.6. The van der Waals surface area contributed by atoms with E-state index in [9.17, 15) is 13.0 Å². The molecule has 0 aliphatic heterocycles. The topological polar surface area (TPSA) is 78.9 Å². The molecule has 0 heterocycles. The number of rotatable bonds is 14. The molecule has 0 aromatic heterocycles. The molecule has 0 spiro atoms. The molecule has 8 heteroatoms. The van der Waals surface area contributed by atoms with Gasteiger partial charge in [-0.2, -0.15) is 8.42 Å². The molecule has 3 rings (SSSR count). The Morgan fingerprint density at radius 3 is 1.86 bits per heavy atom. The van der Waals surface area contributed by atoms with Crippen molar-refractivity contribution in [3.05, 3.63) is 59.7 Å². The van der Waals surface area contributed by atoms with Crippen molar-refractivity contribution < 1.29 is 26.2 Å². The van der Waals surface area contributed by atoms with Gasteiger partial charge in [0.15, 0.2) is 4.99 Å². The molecule has 1 fully saturated rings. The molecule has 6 nitrogen and oxygen atoms in total. The normalized spacial score (nSPS) is 16.2. The van der Waals surface area contributed by atoms with Gasteiger partial charge in [0.2, 0.25) is 0 Å². The Hall–Kier alpha value is -1.50. The molecular weight excluding hydrogens is 495 g/mol. The zero-order valence-corrected chi connectivity index (χ0v) is 23.6. The van der Waals surface area contributed by atoms with E-state index in [0.717, 1.165) is 36.8 Å². The molecule has 1 unspecified atom stereocenters. The lowest BCUT2D eigenvalue weighted by Gasteiger charge is -2.28. The van der Waals surface area contributed by atoms with Crippen molar-refractivity contribution in [2.75, 3.05) is 13.2 Å². The molecule has 200 valence electrons. The molecule has 1 aliphatic rings.